The van der Waals surface area contributed by atoms with Crippen molar-refractivity contribution in [3.05, 3.63) is 76.0 Å². The second kappa shape index (κ2) is 8.43. The summed E-state index contributed by atoms with van der Waals surface area (Å²) in [5.41, 5.74) is 6.94. The second-order valence-corrected chi connectivity index (χ2v) is 8.72. The minimum atomic E-state index is -0.106. The molecule has 1 heterocycles. The molecule has 0 saturated heterocycles. The Morgan fingerprint density at radius 2 is 2.03 bits per heavy atom. The van der Waals surface area contributed by atoms with Crippen LogP contribution in [0.4, 0.5) is 5.69 Å². The van der Waals surface area contributed by atoms with Crippen molar-refractivity contribution in [3.8, 4) is 6.07 Å². The molecule has 4 heteroatoms. The zero-order valence-electron chi connectivity index (χ0n) is 17.8. The molecular formula is C25H28ClN3. The molecule has 0 N–H and O–H groups in total. The van der Waals surface area contributed by atoms with E-state index in [0.29, 0.717) is 6.42 Å². The van der Waals surface area contributed by atoms with E-state index in [1.807, 2.05) is 6.07 Å². The first-order valence-electron chi connectivity index (χ1n) is 10.0. The molecule has 0 saturated carbocycles. The predicted octanol–water partition coefficient (Wildman–Crippen LogP) is 6.53. The Hall–Kier alpha value is -2.57. The number of nitriles is 1. The van der Waals surface area contributed by atoms with E-state index in [1.165, 1.54) is 28.1 Å². The van der Waals surface area contributed by atoms with Gasteiger partial charge < -0.3 is 4.90 Å². The van der Waals surface area contributed by atoms with Crippen LogP contribution in [0.3, 0.4) is 0 Å². The molecule has 0 aromatic heterocycles. The first-order chi connectivity index (χ1) is 13.7. The van der Waals surface area contributed by atoms with Crippen molar-refractivity contribution in [2.75, 3.05) is 11.9 Å². The summed E-state index contributed by atoms with van der Waals surface area (Å²) in [4.78, 5) is 6.95. The summed E-state index contributed by atoms with van der Waals surface area (Å²) in [5.74, 6) is 0. The van der Waals surface area contributed by atoms with Crippen molar-refractivity contribution in [1.82, 2.24) is 0 Å². The maximum atomic E-state index is 8.73. The number of anilines is 1. The lowest BCUT2D eigenvalue weighted by Crippen LogP contribution is -2.22. The van der Waals surface area contributed by atoms with Crippen LogP contribution < -0.4 is 4.90 Å². The summed E-state index contributed by atoms with van der Waals surface area (Å²) in [7, 11) is 2.11. The Morgan fingerprint density at radius 3 is 2.72 bits per heavy atom. The van der Waals surface area contributed by atoms with Crippen molar-refractivity contribution in [2.24, 2.45) is 4.99 Å². The topological polar surface area (TPSA) is 39.4 Å². The molecule has 1 atom stereocenters. The predicted molar refractivity (Wildman–Crippen MR) is 124 cm³/mol. The van der Waals surface area contributed by atoms with E-state index >= 15 is 0 Å². The fourth-order valence-electron chi connectivity index (χ4n) is 4.00. The van der Waals surface area contributed by atoms with Gasteiger partial charge in [0.15, 0.2) is 0 Å². The molecule has 150 valence electrons. The van der Waals surface area contributed by atoms with E-state index in [0.717, 1.165) is 17.2 Å². The highest BCUT2D eigenvalue weighted by Gasteiger charge is 2.38. The smallest absolute Gasteiger partial charge is 0.0622 e. The highest BCUT2D eigenvalue weighted by Crippen LogP contribution is 2.47. The molecule has 0 bridgehead atoms. The summed E-state index contributed by atoms with van der Waals surface area (Å²) in [6.45, 7) is 8.64. The molecule has 3 nitrogen and oxygen atoms in total. The van der Waals surface area contributed by atoms with Crippen LogP contribution in [0, 0.1) is 11.3 Å². The van der Waals surface area contributed by atoms with Crippen molar-refractivity contribution in [3.63, 3.8) is 0 Å². The van der Waals surface area contributed by atoms with Crippen LogP contribution in [0.25, 0.3) is 0 Å². The third-order valence-electron chi connectivity index (χ3n) is 5.71. The van der Waals surface area contributed by atoms with Crippen molar-refractivity contribution < 1.29 is 0 Å². The zero-order chi connectivity index (χ0) is 21.2. The fraction of sp³-hybridized carbons (Fsp3) is 0.360. The Kier molecular flexibility index (Phi) is 6.15. The van der Waals surface area contributed by atoms with Gasteiger partial charge in [-0.2, -0.15) is 5.26 Å². The highest BCUT2D eigenvalue weighted by atomic mass is 35.5. The van der Waals surface area contributed by atoms with E-state index < -0.39 is 0 Å². The minimum Gasteiger partial charge on any atom is -0.347 e. The van der Waals surface area contributed by atoms with Gasteiger partial charge in [0, 0.05) is 41.3 Å². The Labute approximate surface area is 179 Å². The Morgan fingerprint density at radius 1 is 1.28 bits per heavy atom. The van der Waals surface area contributed by atoms with Crippen LogP contribution in [0.15, 0.2) is 70.4 Å². The SMILES string of the molecule is CC1=CC(=NC(C)CCC#N)C=CC1=CC=C1N(C)c2ccc(Cl)cc2C1(C)C. The van der Waals surface area contributed by atoms with E-state index in [-0.39, 0.29) is 11.5 Å². The van der Waals surface area contributed by atoms with Gasteiger partial charge in [0.1, 0.15) is 0 Å². The van der Waals surface area contributed by atoms with Gasteiger partial charge in [0.25, 0.3) is 0 Å². The van der Waals surface area contributed by atoms with Crippen LogP contribution in [0.5, 0.6) is 0 Å². The van der Waals surface area contributed by atoms with Gasteiger partial charge in [-0.1, -0.05) is 37.6 Å². The Balaban J connectivity index is 1.84. The molecule has 1 aromatic carbocycles. The number of aliphatic imine (C=N–C) groups is 1. The van der Waals surface area contributed by atoms with Gasteiger partial charge in [-0.15, -0.1) is 0 Å². The van der Waals surface area contributed by atoms with Gasteiger partial charge >= 0.3 is 0 Å². The number of fused-ring (bicyclic) bond motifs is 1. The number of hydrogen-bond donors (Lipinski definition) is 0. The maximum absolute atomic E-state index is 8.73. The molecule has 0 fully saturated rings. The molecular weight excluding hydrogens is 378 g/mol. The molecule has 2 aliphatic rings. The number of hydrogen-bond acceptors (Lipinski definition) is 3. The zero-order valence-corrected chi connectivity index (χ0v) is 18.6. The van der Waals surface area contributed by atoms with E-state index in [1.54, 1.807) is 0 Å². The van der Waals surface area contributed by atoms with Crippen LogP contribution >= 0.6 is 11.6 Å². The summed E-state index contributed by atoms with van der Waals surface area (Å²) in [5, 5.41) is 9.50. The van der Waals surface area contributed by atoms with Crippen molar-refractivity contribution >= 4 is 23.0 Å². The first-order valence-corrected chi connectivity index (χ1v) is 10.4. The third-order valence-corrected chi connectivity index (χ3v) is 5.95. The first kappa shape index (κ1) is 21.1. The summed E-state index contributed by atoms with van der Waals surface area (Å²) < 4.78 is 0. The van der Waals surface area contributed by atoms with Crippen LogP contribution in [0.1, 0.15) is 46.1 Å². The van der Waals surface area contributed by atoms with E-state index in [2.05, 4.69) is 88.2 Å². The van der Waals surface area contributed by atoms with E-state index in [9.17, 15) is 0 Å². The number of halogens is 1. The average molecular weight is 406 g/mol. The molecule has 3 rings (SSSR count). The normalized spacial score (nSPS) is 22.7. The third kappa shape index (κ3) is 4.38. The fourth-order valence-corrected chi connectivity index (χ4v) is 4.17. The molecule has 29 heavy (non-hydrogen) atoms. The van der Waals surface area contributed by atoms with Gasteiger partial charge in [-0.25, -0.2) is 0 Å². The van der Waals surface area contributed by atoms with Gasteiger partial charge in [0.2, 0.25) is 0 Å². The lowest BCUT2D eigenvalue weighted by atomic mass is 9.83. The molecule has 1 unspecified atom stereocenters. The standard InChI is InChI=1S/C25H28ClN3/c1-17-15-21(28-18(2)7-6-14-27)11-8-19(17)9-13-24-25(3,4)22-16-20(26)10-12-23(22)29(24)5/h8-13,15-16,18H,6-7H2,1-5H3. The number of allylic oxidation sites excluding steroid dienone is 8. The molecule has 1 aromatic rings. The van der Waals surface area contributed by atoms with Crippen LogP contribution in [0.2, 0.25) is 5.02 Å². The summed E-state index contributed by atoms with van der Waals surface area (Å²) in [6.07, 6.45) is 12.0. The average Bonchev–Trinajstić information content (AvgIpc) is 2.85. The highest BCUT2D eigenvalue weighted by molar-refractivity contribution is 6.30. The van der Waals surface area contributed by atoms with E-state index in [4.69, 9.17) is 21.9 Å². The molecule has 0 amide bonds. The number of rotatable bonds is 4. The second-order valence-electron chi connectivity index (χ2n) is 8.28. The monoisotopic (exact) mass is 405 g/mol. The maximum Gasteiger partial charge on any atom is 0.0622 e. The number of likely N-dealkylation sites (N-methyl/N-ethyl adjacent to an activating group) is 1. The minimum absolute atomic E-state index is 0.106. The van der Waals surface area contributed by atoms with Crippen molar-refractivity contribution in [2.45, 2.75) is 52.0 Å². The van der Waals surface area contributed by atoms with Gasteiger partial charge in [-0.3, -0.25) is 4.99 Å². The lowest BCUT2D eigenvalue weighted by Gasteiger charge is -2.24. The summed E-state index contributed by atoms with van der Waals surface area (Å²) >= 11 is 6.25. The number of nitrogens with zero attached hydrogens (tertiary/aromatic N) is 3. The molecule has 0 radical (unpaired) electrons. The quantitative estimate of drug-likeness (QED) is 0.571. The van der Waals surface area contributed by atoms with Gasteiger partial charge in [0.05, 0.1) is 11.8 Å². The molecule has 1 aliphatic carbocycles. The Bertz CT molecular complexity index is 999. The number of benzene rings is 1. The van der Waals surface area contributed by atoms with Crippen LogP contribution in [-0.4, -0.2) is 18.8 Å². The molecule has 0 spiro atoms. The largest absolute Gasteiger partial charge is 0.347 e. The van der Waals surface area contributed by atoms with Crippen molar-refractivity contribution in [1.29, 1.82) is 5.26 Å². The molecule has 1 aliphatic heterocycles. The lowest BCUT2D eigenvalue weighted by molar-refractivity contribution is 0.640. The van der Waals surface area contributed by atoms with Gasteiger partial charge in [-0.05, 0) is 73.4 Å². The summed E-state index contributed by atoms with van der Waals surface area (Å²) in [6, 6.07) is 8.46. The van der Waals surface area contributed by atoms with Crippen LogP contribution in [-0.2, 0) is 5.41 Å².